The minimum absolute atomic E-state index is 0.0278. The number of aliphatic hydroxyl groups is 1. The molecule has 4 rings (SSSR count). The van der Waals surface area contributed by atoms with Gasteiger partial charge >= 0.3 is 0 Å². The molecule has 30 heavy (non-hydrogen) atoms. The van der Waals surface area contributed by atoms with E-state index in [1.165, 1.54) is 17.0 Å². The number of thioether (sulfide) groups is 1. The van der Waals surface area contributed by atoms with Crippen molar-refractivity contribution in [3.63, 3.8) is 0 Å². The van der Waals surface area contributed by atoms with Crippen LogP contribution in [0.2, 0.25) is 0 Å². The van der Waals surface area contributed by atoms with Crippen LogP contribution in [0, 0.1) is 0 Å². The second-order valence-electron chi connectivity index (χ2n) is 6.72. The molecule has 1 atom stereocenters. The van der Waals surface area contributed by atoms with Gasteiger partial charge in [-0.3, -0.25) is 9.69 Å². The molecule has 1 amide bonds. The highest BCUT2D eigenvalue weighted by Gasteiger charge is 2.47. The molecule has 1 aliphatic rings. The van der Waals surface area contributed by atoms with Gasteiger partial charge in [0, 0.05) is 10.6 Å². The van der Waals surface area contributed by atoms with E-state index in [2.05, 4.69) is 0 Å². The molecular weight excluding hydrogens is 418 g/mol. The summed E-state index contributed by atoms with van der Waals surface area (Å²) in [6, 6.07) is 23.0. The summed E-state index contributed by atoms with van der Waals surface area (Å²) in [5.74, 6) is -1.49. The quantitative estimate of drug-likeness (QED) is 0.584. The summed E-state index contributed by atoms with van der Waals surface area (Å²) in [7, 11) is -4.11. The monoisotopic (exact) mass is 437 g/mol. The molecule has 1 aliphatic heterocycles. The summed E-state index contributed by atoms with van der Waals surface area (Å²) in [6.07, 6.45) is 1.95. The van der Waals surface area contributed by atoms with Crippen LogP contribution < -0.4 is 4.90 Å². The van der Waals surface area contributed by atoms with E-state index in [4.69, 9.17) is 0 Å². The van der Waals surface area contributed by atoms with E-state index in [-0.39, 0.29) is 9.80 Å². The Morgan fingerprint density at radius 3 is 2.00 bits per heavy atom. The fraction of sp³-hybridized carbons (Fsp3) is 0.0870. The van der Waals surface area contributed by atoms with Gasteiger partial charge in [-0.15, -0.1) is 11.8 Å². The van der Waals surface area contributed by atoms with Crippen molar-refractivity contribution < 1.29 is 18.3 Å². The van der Waals surface area contributed by atoms with Gasteiger partial charge in [-0.25, -0.2) is 8.42 Å². The largest absolute Gasteiger partial charge is 0.502 e. The van der Waals surface area contributed by atoms with Crippen molar-refractivity contribution >= 4 is 33.2 Å². The van der Waals surface area contributed by atoms with Gasteiger partial charge in [0.1, 0.15) is 10.9 Å². The fourth-order valence-corrected chi connectivity index (χ4v) is 5.58. The molecule has 0 aliphatic carbocycles. The van der Waals surface area contributed by atoms with Gasteiger partial charge in [-0.1, -0.05) is 48.5 Å². The highest BCUT2D eigenvalue weighted by Crippen LogP contribution is 2.44. The van der Waals surface area contributed by atoms with E-state index < -0.39 is 27.5 Å². The number of hydrogen-bond donors (Lipinski definition) is 1. The normalized spacial score (nSPS) is 16.9. The number of amides is 1. The maximum atomic E-state index is 13.5. The lowest BCUT2D eigenvalue weighted by molar-refractivity contribution is -0.117. The Labute approximate surface area is 179 Å². The van der Waals surface area contributed by atoms with Gasteiger partial charge in [-0.05, 0) is 48.2 Å². The van der Waals surface area contributed by atoms with Crippen LogP contribution in [0.4, 0.5) is 5.69 Å². The maximum Gasteiger partial charge on any atom is 0.295 e. The van der Waals surface area contributed by atoms with E-state index in [9.17, 15) is 18.3 Å². The number of carbonyl (C=O) groups is 1. The van der Waals surface area contributed by atoms with Gasteiger partial charge in [0.2, 0.25) is 9.84 Å². The Hall–Kier alpha value is -3.03. The first-order chi connectivity index (χ1) is 14.4. The van der Waals surface area contributed by atoms with Crippen molar-refractivity contribution in [1.29, 1.82) is 0 Å². The third-order valence-corrected chi connectivity index (χ3v) is 7.60. The number of carbonyl (C=O) groups excluding carboxylic acids is 1. The SMILES string of the molecule is CSc1ccc(C2C(S(=O)(=O)c3ccccc3)=C(O)C(=O)N2c2ccccc2)cc1. The Morgan fingerprint density at radius 2 is 1.43 bits per heavy atom. The number of nitrogens with zero attached hydrogens (tertiary/aromatic N) is 1. The average molecular weight is 438 g/mol. The number of aliphatic hydroxyl groups excluding tert-OH is 1. The lowest BCUT2D eigenvalue weighted by atomic mass is 10.1. The number of rotatable bonds is 5. The third-order valence-electron chi connectivity index (χ3n) is 4.97. The van der Waals surface area contributed by atoms with Crippen molar-refractivity contribution in [3.05, 3.63) is 101 Å². The lowest BCUT2D eigenvalue weighted by Crippen LogP contribution is -2.31. The summed E-state index contributed by atoms with van der Waals surface area (Å²) >= 11 is 1.56. The van der Waals surface area contributed by atoms with Crippen LogP contribution >= 0.6 is 11.8 Å². The lowest BCUT2D eigenvalue weighted by Gasteiger charge is -2.27. The Bertz CT molecular complexity index is 1210. The van der Waals surface area contributed by atoms with Gasteiger partial charge < -0.3 is 5.11 Å². The molecule has 1 heterocycles. The molecule has 3 aromatic rings. The number of anilines is 1. The molecule has 1 unspecified atom stereocenters. The molecule has 3 aromatic carbocycles. The van der Waals surface area contributed by atoms with E-state index in [0.717, 1.165) is 4.90 Å². The second kappa shape index (κ2) is 8.01. The minimum Gasteiger partial charge on any atom is -0.502 e. The first-order valence-electron chi connectivity index (χ1n) is 9.21. The molecular formula is C23H19NO4S2. The summed E-state index contributed by atoms with van der Waals surface area (Å²) < 4.78 is 26.9. The van der Waals surface area contributed by atoms with Crippen molar-refractivity contribution in [2.45, 2.75) is 15.8 Å². The summed E-state index contributed by atoms with van der Waals surface area (Å²) in [6.45, 7) is 0. The zero-order valence-corrected chi connectivity index (χ0v) is 17.7. The van der Waals surface area contributed by atoms with E-state index in [1.807, 2.05) is 18.4 Å². The van der Waals surface area contributed by atoms with Gasteiger partial charge in [0.15, 0.2) is 5.76 Å². The molecule has 0 saturated heterocycles. The van der Waals surface area contributed by atoms with Gasteiger partial charge in [-0.2, -0.15) is 0 Å². The molecule has 1 N–H and O–H groups in total. The first-order valence-corrected chi connectivity index (χ1v) is 11.9. The molecule has 0 radical (unpaired) electrons. The molecule has 5 nitrogen and oxygen atoms in total. The van der Waals surface area contributed by atoms with Crippen LogP contribution in [-0.2, 0) is 14.6 Å². The van der Waals surface area contributed by atoms with E-state index >= 15 is 0 Å². The topological polar surface area (TPSA) is 74.7 Å². The number of para-hydroxylation sites is 1. The summed E-state index contributed by atoms with van der Waals surface area (Å²) in [5.41, 5.74) is 1.11. The predicted molar refractivity (Wildman–Crippen MR) is 118 cm³/mol. The van der Waals surface area contributed by atoms with Crippen LogP contribution in [0.15, 0.2) is 105 Å². The molecule has 0 saturated carbocycles. The van der Waals surface area contributed by atoms with Crippen LogP contribution in [0.5, 0.6) is 0 Å². The van der Waals surface area contributed by atoms with E-state index in [1.54, 1.807) is 72.4 Å². The smallest absolute Gasteiger partial charge is 0.295 e. The van der Waals surface area contributed by atoms with Crippen LogP contribution in [0.1, 0.15) is 11.6 Å². The average Bonchev–Trinajstić information content (AvgIpc) is 3.06. The first kappa shape index (κ1) is 20.3. The third kappa shape index (κ3) is 3.40. The molecule has 0 aromatic heterocycles. The zero-order valence-electron chi connectivity index (χ0n) is 16.1. The van der Waals surface area contributed by atoms with Crippen LogP contribution in [0.25, 0.3) is 0 Å². The number of benzene rings is 3. The number of sulfone groups is 1. The van der Waals surface area contributed by atoms with Crippen molar-refractivity contribution in [3.8, 4) is 0 Å². The van der Waals surface area contributed by atoms with Crippen molar-refractivity contribution in [2.75, 3.05) is 11.2 Å². The molecule has 7 heteroatoms. The van der Waals surface area contributed by atoms with Gasteiger partial charge in [0.25, 0.3) is 5.91 Å². The number of hydrogen-bond acceptors (Lipinski definition) is 5. The second-order valence-corrected chi connectivity index (χ2v) is 9.51. The predicted octanol–water partition coefficient (Wildman–Crippen LogP) is 4.74. The fourth-order valence-electron chi connectivity index (χ4n) is 3.53. The van der Waals surface area contributed by atoms with Crippen LogP contribution in [0.3, 0.4) is 0 Å². The van der Waals surface area contributed by atoms with Crippen LogP contribution in [-0.4, -0.2) is 25.7 Å². The highest BCUT2D eigenvalue weighted by atomic mass is 32.2. The van der Waals surface area contributed by atoms with E-state index in [0.29, 0.717) is 11.3 Å². The molecule has 0 bridgehead atoms. The molecule has 0 spiro atoms. The Kier molecular flexibility index (Phi) is 5.40. The van der Waals surface area contributed by atoms with Gasteiger partial charge in [0.05, 0.1) is 4.90 Å². The van der Waals surface area contributed by atoms with Crippen molar-refractivity contribution in [2.24, 2.45) is 0 Å². The molecule has 152 valence electrons. The standard InChI is InChI=1S/C23H19NO4S2/c1-29-18-14-12-16(13-15-18)20-22(30(27,28)19-10-6-3-7-11-19)21(25)23(26)24(20)17-8-4-2-5-9-17/h2-15,20,25H,1H3. The Balaban J connectivity index is 1.93. The Morgan fingerprint density at radius 1 is 0.867 bits per heavy atom. The highest BCUT2D eigenvalue weighted by molar-refractivity contribution is 7.98. The minimum atomic E-state index is -4.11. The maximum absolute atomic E-state index is 13.5. The zero-order chi connectivity index (χ0) is 21.3. The summed E-state index contributed by atoms with van der Waals surface area (Å²) in [5, 5.41) is 10.7. The molecule has 0 fully saturated rings. The van der Waals surface area contributed by atoms with Crippen molar-refractivity contribution in [1.82, 2.24) is 0 Å². The summed E-state index contributed by atoms with van der Waals surface area (Å²) in [4.78, 5) is 15.1.